The zero-order chi connectivity index (χ0) is 33.0. The Kier molecular flexibility index (Phi) is 6.42. The van der Waals surface area contributed by atoms with Crippen LogP contribution in [0.4, 0.5) is 0 Å². The fourth-order valence-corrected chi connectivity index (χ4v) is 6.98. The lowest BCUT2D eigenvalue weighted by atomic mass is 9.94. The summed E-state index contributed by atoms with van der Waals surface area (Å²) >= 11 is 0. The van der Waals surface area contributed by atoms with Gasteiger partial charge in [-0.25, -0.2) is 9.97 Å². The monoisotopic (exact) mass is 641 g/mol. The molecule has 0 saturated carbocycles. The van der Waals surface area contributed by atoms with Crippen molar-refractivity contribution in [1.82, 2.24) is 15.0 Å². The Balaban J connectivity index is 1.20. The van der Waals surface area contributed by atoms with Crippen LogP contribution in [0, 0.1) is 0 Å². The Bertz CT molecular complexity index is 2870. The topological polar surface area (TPSA) is 65.0 Å². The van der Waals surface area contributed by atoms with Crippen LogP contribution in [0.3, 0.4) is 0 Å². The first-order chi connectivity index (χ1) is 24.8. The van der Waals surface area contributed by atoms with Gasteiger partial charge in [0.1, 0.15) is 22.3 Å². The molecule has 0 amide bonds. The summed E-state index contributed by atoms with van der Waals surface area (Å²) in [7, 11) is 0. The predicted molar refractivity (Wildman–Crippen MR) is 202 cm³/mol. The molecule has 10 rings (SSSR count). The molecule has 0 aliphatic rings. The molecule has 0 atom stereocenters. The van der Waals surface area contributed by atoms with Gasteiger partial charge < -0.3 is 8.83 Å². The largest absolute Gasteiger partial charge is 0.456 e. The molecule has 6 aromatic carbocycles. The molecule has 234 valence electrons. The number of nitrogens with zero attached hydrogens (tertiary/aromatic N) is 3. The Morgan fingerprint density at radius 1 is 0.380 bits per heavy atom. The molecule has 0 bridgehead atoms. The summed E-state index contributed by atoms with van der Waals surface area (Å²) < 4.78 is 12.9. The van der Waals surface area contributed by atoms with E-state index in [0.29, 0.717) is 5.82 Å². The second-order valence-electron chi connectivity index (χ2n) is 12.4. The van der Waals surface area contributed by atoms with Crippen LogP contribution in [0.2, 0.25) is 0 Å². The number of pyridine rings is 1. The van der Waals surface area contributed by atoms with Gasteiger partial charge in [-0.2, -0.15) is 0 Å². The molecule has 0 radical (unpaired) electrons. The minimum atomic E-state index is 0.645. The maximum Gasteiger partial charge on any atom is 0.160 e. The first-order valence-electron chi connectivity index (χ1n) is 16.6. The van der Waals surface area contributed by atoms with E-state index in [9.17, 15) is 0 Å². The fraction of sp³-hybridized carbons (Fsp3) is 0. The quantitative estimate of drug-likeness (QED) is 0.187. The van der Waals surface area contributed by atoms with E-state index in [2.05, 4.69) is 89.9 Å². The normalized spacial score (nSPS) is 11.6. The Hall–Kier alpha value is -6.85. The van der Waals surface area contributed by atoms with E-state index >= 15 is 0 Å². The number of para-hydroxylation sites is 2. The highest BCUT2D eigenvalue weighted by Gasteiger charge is 2.20. The van der Waals surface area contributed by atoms with Gasteiger partial charge in [-0.3, -0.25) is 4.98 Å². The molecule has 0 aliphatic heterocycles. The second-order valence-corrected chi connectivity index (χ2v) is 12.4. The molecule has 5 nitrogen and oxygen atoms in total. The van der Waals surface area contributed by atoms with Crippen LogP contribution in [0.1, 0.15) is 0 Å². The summed E-state index contributed by atoms with van der Waals surface area (Å²) in [5.74, 6) is 0.645. The highest BCUT2D eigenvalue weighted by atomic mass is 16.3. The summed E-state index contributed by atoms with van der Waals surface area (Å²) in [4.78, 5) is 14.9. The number of rotatable bonds is 5. The van der Waals surface area contributed by atoms with Gasteiger partial charge in [0.25, 0.3) is 0 Å². The SMILES string of the molecule is c1ccc(-c2nc(-c3cccc(-c4ccccn4)c3)cc(-c3ccc(-c4ccc5oc6ccccc6c5c4)c4c3oc3ccccc34)n2)cc1. The maximum absolute atomic E-state index is 6.72. The lowest BCUT2D eigenvalue weighted by Gasteiger charge is -2.12. The third-order valence-electron chi connectivity index (χ3n) is 9.37. The maximum atomic E-state index is 6.72. The first kappa shape index (κ1) is 28.2. The van der Waals surface area contributed by atoms with Crippen molar-refractivity contribution in [1.29, 1.82) is 0 Å². The van der Waals surface area contributed by atoms with Crippen LogP contribution in [-0.4, -0.2) is 15.0 Å². The van der Waals surface area contributed by atoms with E-state index < -0.39 is 0 Å². The summed E-state index contributed by atoms with van der Waals surface area (Å²) in [6, 6.07) is 53.6. The average molecular weight is 642 g/mol. The molecule has 0 aliphatic carbocycles. The number of fused-ring (bicyclic) bond motifs is 6. The van der Waals surface area contributed by atoms with Crippen molar-refractivity contribution in [3.63, 3.8) is 0 Å². The molecule has 5 heteroatoms. The van der Waals surface area contributed by atoms with Crippen molar-refractivity contribution in [3.05, 3.63) is 164 Å². The highest BCUT2D eigenvalue weighted by Crippen LogP contribution is 2.43. The standard InChI is InChI=1S/C45H27N3O2/c1-2-11-28(12-3-1)45-47-38(31-14-10-13-30(25-31)37-17-8-9-24-46-37)27-39(48-45)34-22-21-32(43-35-16-5-7-19-41(35)50-44(34)43)29-20-23-42-36(26-29)33-15-4-6-18-40(33)49-42/h1-27H. The molecule has 0 N–H and O–H groups in total. The summed E-state index contributed by atoms with van der Waals surface area (Å²) in [6.45, 7) is 0. The average Bonchev–Trinajstić information content (AvgIpc) is 3.77. The van der Waals surface area contributed by atoms with Crippen LogP contribution < -0.4 is 0 Å². The Morgan fingerprint density at radius 3 is 1.90 bits per heavy atom. The van der Waals surface area contributed by atoms with Crippen molar-refractivity contribution >= 4 is 43.9 Å². The van der Waals surface area contributed by atoms with Gasteiger partial charge in [-0.05, 0) is 65.7 Å². The van der Waals surface area contributed by atoms with E-state index in [1.807, 2.05) is 79.0 Å². The van der Waals surface area contributed by atoms with Crippen molar-refractivity contribution in [2.45, 2.75) is 0 Å². The number of hydrogen-bond donors (Lipinski definition) is 0. The van der Waals surface area contributed by atoms with Gasteiger partial charge >= 0.3 is 0 Å². The smallest absolute Gasteiger partial charge is 0.160 e. The van der Waals surface area contributed by atoms with Crippen molar-refractivity contribution in [2.24, 2.45) is 0 Å². The van der Waals surface area contributed by atoms with Gasteiger partial charge in [0, 0.05) is 50.0 Å². The van der Waals surface area contributed by atoms with Crippen molar-refractivity contribution < 1.29 is 8.83 Å². The molecule has 10 aromatic rings. The summed E-state index contributed by atoms with van der Waals surface area (Å²) in [5, 5.41) is 4.29. The minimum absolute atomic E-state index is 0.645. The van der Waals surface area contributed by atoms with E-state index in [1.54, 1.807) is 0 Å². The summed E-state index contributed by atoms with van der Waals surface area (Å²) in [5.41, 5.74) is 11.9. The highest BCUT2D eigenvalue weighted by molar-refractivity contribution is 6.17. The van der Waals surface area contributed by atoms with Crippen molar-refractivity contribution in [3.8, 4) is 56.3 Å². The number of furan rings is 2. The van der Waals surface area contributed by atoms with Gasteiger partial charge in [0.05, 0.1) is 17.1 Å². The van der Waals surface area contributed by atoms with Gasteiger partial charge in [0.2, 0.25) is 0 Å². The van der Waals surface area contributed by atoms with E-state index in [0.717, 1.165) is 94.3 Å². The molecule has 0 fully saturated rings. The number of aromatic nitrogens is 3. The van der Waals surface area contributed by atoms with Crippen LogP contribution in [-0.2, 0) is 0 Å². The number of hydrogen-bond acceptors (Lipinski definition) is 5. The molecule has 50 heavy (non-hydrogen) atoms. The van der Waals surface area contributed by atoms with E-state index in [1.165, 1.54) is 0 Å². The molecule has 0 spiro atoms. The molecular formula is C45H27N3O2. The third-order valence-corrected chi connectivity index (χ3v) is 9.37. The minimum Gasteiger partial charge on any atom is -0.456 e. The molecule has 0 saturated heterocycles. The molecule has 4 heterocycles. The Morgan fingerprint density at radius 2 is 1.06 bits per heavy atom. The Labute approximate surface area is 287 Å². The van der Waals surface area contributed by atoms with E-state index in [-0.39, 0.29) is 0 Å². The van der Waals surface area contributed by atoms with Gasteiger partial charge in [-0.15, -0.1) is 0 Å². The lowest BCUT2D eigenvalue weighted by molar-refractivity contribution is 0.669. The van der Waals surface area contributed by atoms with E-state index in [4.69, 9.17) is 18.8 Å². The first-order valence-corrected chi connectivity index (χ1v) is 16.6. The zero-order valence-electron chi connectivity index (χ0n) is 26.7. The van der Waals surface area contributed by atoms with Gasteiger partial charge in [-0.1, -0.05) is 103 Å². The fourth-order valence-electron chi connectivity index (χ4n) is 6.98. The van der Waals surface area contributed by atoms with Crippen LogP contribution in [0.25, 0.3) is 100 Å². The lowest BCUT2D eigenvalue weighted by Crippen LogP contribution is -1.96. The third kappa shape index (κ3) is 4.67. The van der Waals surface area contributed by atoms with Crippen LogP contribution in [0.15, 0.2) is 173 Å². The molecule has 4 aromatic heterocycles. The predicted octanol–water partition coefficient (Wildman–Crippen LogP) is 12.0. The second kappa shape index (κ2) is 11.4. The van der Waals surface area contributed by atoms with Gasteiger partial charge in [0.15, 0.2) is 5.82 Å². The molecule has 0 unspecified atom stereocenters. The van der Waals surface area contributed by atoms with Crippen LogP contribution >= 0.6 is 0 Å². The summed E-state index contributed by atoms with van der Waals surface area (Å²) in [6.07, 6.45) is 1.82. The van der Waals surface area contributed by atoms with Crippen molar-refractivity contribution in [2.75, 3.05) is 0 Å². The van der Waals surface area contributed by atoms with Crippen LogP contribution in [0.5, 0.6) is 0 Å². The molecular weight excluding hydrogens is 615 g/mol. The number of benzene rings is 6. The zero-order valence-corrected chi connectivity index (χ0v) is 26.7.